The third-order valence-electron chi connectivity index (χ3n) is 4.64. The van der Waals surface area contributed by atoms with E-state index in [1.54, 1.807) is 0 Å². The maximum atomic E-state index is 12.9. The molecule has 0 unspecified atom stereocenters. The van der Waals surface area contributed by atoms with Crippen LogP contribution in [0.5, 0.6) is 0 Å². The van der Waals surface area contributed by atoms with Crippen LogP contribution in [0.4, 0.5) is 4.39 Å². The molecule has 0 saturated heterocycles. The van der Waals surface area contributed by atoms with Crippen LogP contribution in [0, 0.1) is 5.82 Å². The first-order chi connectivity index (χ1) is 14.6. The zero-order valence-electron chi connectivity index (χ0n) is 16.0. The van der Waals surface area contributed by atoms with Gasteiger partial charge in [0, 0.05) is 24.1 Å². The molecule has 7 heteroatoms. The summed E-state index contributed by atoms with van der Waals surface area (Å²) in [4.78, 5) is 28.9. The first-order valence-corrected chi connectivity index (χ1v) is 9.48. The minimum absolute atomic E-state index is 0.139. The van der Waals surface area contributed by atoms with Crippen LogP contribution in [-0.2, 0) is 11.2 Å². The lowest BCUT2D eigenvalue weighted by molar-refractivity contribution is -0.121. The van der Waals surface area contributed by atoms with Crippen LogP contribution in [0.1, 0.15) is 22.6 Å². The Morgan fingerprint density at radius 3 is 2.33 bits per heavy atom. The van der Waals surface area contributed by atoms with Gasteiger partial charge in [-0.25, -0.2) is 9.37 Å². The van der Waals surface area contributed by atoms with Crippen LogP contribution < -0.4 is 10.9 Å². The Hall–Kier alpha value is -4.00. The summed E-state index contributed by atoms with van der Waals surface area (Å²) in [5.41, 5.74) is 7.76. The van der Waals surface area contributed by atoms with Crippen molar-refractivity contribution in [3.8, 4) is 5.69 Å². The van der Waals surface area contributed by atoms with Crippen molar-refractivity contribution in [1.29, 1.82) is 0 Å². The number of aromatic nitrogens is 2. The zero-order chi connectivity index (χ0) is 20.9. The molecule has 1 aromatic heterocycles. The van der Waals surface area contributed by atoms with E-state index < -0.39 is 11.7 Å². The lowest BCUT2D eigenvalue weighted by Gasteiger charge is -2.10. The highest BCUT2D eigenvalue weighted by molar-refractivity contribution is 5.95. The molecule has 2 N–H and O–H groups in total. The molecule has 6 nitrogen and oxygen atoms in total. The molecule has 0 radical (unpaired) electrons. The van der Waals surface area contributed by atoms with E-state index in [4.69, 9.17) is 0 Å². The summed E-state index contributed by atoms with van der Waals surface area (Å²) in [7, 11) is 0. The van der Waals surface area contributed by atoms with E-state index >= 15 is 0 Å². The molecule has 0 bridgehead atoms. The Balaban J connectivity index is 1.44. The van der Waals surface area contributed by atoms with E-state index in [1.807, 2.05) is 59.2 Å². The molecule has 1 heterocycles. The summed E-state index contributed by atoms with van der Waals surface area (Å²) in [6.07, 6.45) is 0.529. The van der Waals surface area contributed by atoms with Gasteiger partial charge in [-0.15, -0.1) is 0 Å². The molecule has 150 valence electrons. The van der Waals surface area contributed by atoms with Crippen LogP contribution in [0.15, 0.2) is 78.9 Å². The number of amides is 2. The molecular formula is C23H19FN4O2. The summed E-state index contributed by atoms with van der Waals surface area (Å²) in [6.45, 7) is 0. The van der Waals surface area contributed by atoms with Gasteiger partial charge in [0.05, 0.1) is 11.0 Å². The van der Waals surface area contributed by atoms with Crippen LogP contribution in [-0.4, -0.2) is 21.4 Å². The van der Waals surface area contributed by atoms with Crippen LogP contribution >= 0.6 is 0 Å². The summed E-state index contributed by atoms with van der Waals surface area (Å²) >= 11 is 0. The summed E-state index contributed by atoms with van der Waals surface area (Å²) in [6, 6.07) is 22.7. The van der Waals surface area contributed by atoms with Crippen molar-refractivity contribution >= 4 is 22.8 Å². The van der Waals surface area contributed by atoms with E-state index in [1.165, 1.54) is 24.3 Å². The van der Waals surface area contributed by atoms with Crippen LogP contribution in [0.3, 0.4) is 0 Å². The minimum Gasteiger partial charge on any atom is -0.296 e. The lowest BCUT2D eigenvalue weighted by atomic mass is 10.2. The van der Waals surface area contributed by atoms with E-state index in [0.29, 0.717) is 6.42 Å². The number of hydrogen-bond acceptors (Lipinski definition) is 3. The first kappa shape index (κ1) is 19.3. The number of aryl methyl sites for hydroxylation is 1. The smallest absolute Gasteiger partial charge is 0.269 e. The maximum Gasteiger partial charge on any atom is 0.269 e. The molecule has 4 rings (SSSR count). The number of carbonyl (C=O) groups excluding carboxylic acids is 2. The Morgan fingerprint density at radius 1 is 0.867 bits per heavy atom. The van der Waals surface area contributed by atoms with Gasteiger partial charge < -0.3 is 0 Å². The number of halogens is 1. The molecule has 0 aliphatic rings. The number of hydrogen-bond donors (Lipinski definition) is 2. The Labute approximate surface area is 172 Å². The molecule has 3 aromatic carbocycles. The molecule has 30 heavy (non-hydrogen) atoms. The second kappa shape index (κ2) is 8.57. The fourth-order valence-electron chi connectivity index (χ4n) is 3.20. The van der Waals surface area contributed by atoms with Crippen molar-refractivity contribution in [2.45, 2.75) is 12.8 Å². The van der Waals surface area contributed by atoms with Gasteiger partial charge in [-0.2, -0.15) is 0 Å². The fraction of sp³-hybridized carbons (Fsp3) is 0.0870. The second-order valence-electron chi connectivity index (χ2n) is 6.70. The molecule has 2 amide bonds. The predicted octanol–water partition coefficient (Wildman–Crippen LogP) is 3.56. The monoisotopic (exact) mass is 402 g/mol. The number of rotatable bonds is 5. The molecule has 0 atom stereocenters. The zero-order valence-corrected chi connectivity index (χ0v) is 16.0. The first-order valence-electron chi connectivity index (χ1n) is 9.48. The average Bonchev–Trinajstić information content (AvgIpc) is 3.15. The van der Waals surface area contributed by atoms with Gasteiger partial charge in [-0.05, 0) is 48.5 Å². The molecule has 0 aliphatic heterocycles. The summed E-state index contributed by atoms with van der Waals surface area (Å²) < 4.78 is 15.0. The van der Waals surface area contributed by atoms with Gasteiger partial charge in [0.15, 0.2) is 0 Å². The largest absolute Gasteiger partial charge is 0.296 e. The van der Waals surface area contributed by atoms with E-state index in [-0.39, 0.29) is 17.9 Å². The quantitative estimate of drug-likeness (QED) is 0.501. The molecule has 0 aliphatic carbocycles. The SMILES string of the molecule is O=C(CCc1nc2ccccc2n1-c1ccccc1)NNC(=O)c1ccc(F)cc1. The van der Waals surface area contributed by atoms with Crippen molar-refractivity contribution in [3.05, 3.63) is 96.1 Å². The van der Waals surface area contributed by atoms with Gasteiger partial charge >= 0.3 is 0 Å². The highest BCUT2D eigenvalue weighted by Gasteiger charge is 2.14. The number of nitrogens with one attached hydrogen (secondary N) is 2. The lowest BCUT2D eigenvalue weighted by Crippen LogP contribution is -2.41. The minimum atomic E-state index is -0.514. The third kappa shape index (κ3) is 4.20. The van der Waals surface area contributed by atoms with Gasteiger partial charge in [-0.1, -0.05) is 30.3 Å². The van der Waals surface area contributed by atoms with Crippen molar-refractivity contribution in [1.82, 2.24) is 20.4 Å². The van der Waals surface area contributed by atoms with Crippen molar-refractivity contribution in [2.75, 3.05) is 0 Å². The highest BCUT2D eigenvalue weighted by Crippen LogP contribution is 2.22. The van der Waals surface area contributed by atoms with Crippen LogP contribution in [0.25, 0.3) is 16.7 Å². The fourth-order valence-corrected chi connectivity index (χ4v) is 3.20. The topological polar surface area (TPSA) is 76.0 Å². The number of fused-ring (bicyclic) bond motifs is 1. The molecule has 0 fully saturated rings. The Kier molecular flexibility index (Phi) is 5.52. The standard InChI is InChI=1S/C23H19FN4O2/c24-17-12-10-16(11-13-17)23(30)27-26-22(29)15-14-21-25-19-8-4-5-9-20(19)28(21)18-6-2-1-3-7-18/h1-13H,14-15H2,(H,26,29)(H,27,30). The summed E-state index contributed by atoms with van der Waals surface area (Å²) in [5, 5.41) is 0. The molecular weight excluding hydrogens is 383 g/mol. The molecule has 0 saturated carbocycles. The number of carbonyl (C=O) groups is 2. The van der Waals surface area contributed by atoms with Crippen molar-refractivity contribution < 1.29 is 14.0 Å². The normalized spacial score (nSPS) is 10.7. The number of hydrazine groups is 1. The van der Waals surface area contributed by atoms with Gasteiger partial charge in [-0.3, -0.25) is 25.0 Å². The predicted molar refractivity (Wildman–Crippen MR) is 111 cm³/mol. The average molecular weight is 402 g/mol. The maximum absolute atomic E-state index is 12.9. The van der Waals surface area contributed by atoms with Gasteiger partial charge in [0.1, 0.15) is 11.6 Å². The number of benzene rings is 3. The van der Waals surface area contributed by atoms with E-state index in [0.717, 1.165) is 22.5 Å². The Morgan fingerprint density at radius 2 is 1.57 bits per heavy atom. The number of nitrogens with zero attached hydrogens (tertiary/aromatic N) is 2. The van der Waals surface area contributed by atoms with Gasteiger partial charge in [0.2, 0.25) is 5.91 Å². The van der Waals surface area contributed by atoms with E-state index in [2.05, 4.69) is 15.8 Å². The molecule has 4 aromatic rings. The third-order valence-corrected chi connectivity index (χ3v) is 4.64. The second-order valence-corrected chi connectivity index (χ2v) is 6.70. The Bertz CT molecular complexity index is 1190. The molecule has 0 spiro atoms. The van der Waals surface area contributed by atoms with Gasteiger partial charge in [0.25, 0.3) is 5.91 Å². The van der Waals surface area contributed by atoms with Crippen molar-refractivity contribution in [3.63, 3.8) is 0 Å². The van der Waals surface area contributed by atoms with E-state index in [9.17, 15) is 14.0 Å². The number of para-hydroxylation sites is 3. The summed E-state index contributed by atoms with van der Waals surface area (Å²) in [5.74, 6) is -0.545. The highest BCUT2D eigenvalue weighted by atomic mass is 19.1. The number of imidazole rings is 1. The van der Waals surface area contributed by atoms with Crippen LogP contribution in [0.2, 0.25) is 0 Å². The van der Waals surface area contributed by atoms with Crippen molar-refractivity contribution in [2.24, 2.45) is 0 Å².